The smallest absolute Gasteiger partial charge is 0.358 e. The molecule has 4 nitrogen and oxygen atoms in total. The van der Waals surface area contributed by atoms with Crippen molar-refractivity contribution in [3.8, 4) is 5.69 Å². The molecular weight excluding hydrogens is 216 g/mol. The Balaban J connectivity index is 2.35. The number of ether oxygens (including phenoxy) is 1. The zero-order chi connectivity index (χ0) is 12.3. The Labute approximate surface area is 99.9 Å². The van der Waals surface area contributed by atoms with Crippen LogP contribution in [0.25, 0.3) is 5.69 Å². The van der Waals surface area contributed by atoms with Gasteiger partial charge in [-0.15, -0.1) is 0 Å². The van der Waals surface area contributed by atoms with Crippen LogP contribution < -0.4 is 0 Å². The van der Waals surface area contributed by atoms with E-state index in [9.17, 15) is 4.79 Å². The quantitative estimate of drug-likeness (QED) is 0.760. The van der Waals surface area contributed by atoms with Gasteiger partial charge in [0.15, 0.2) is 5.69 Å². The number of hydrogen-bond donors (Lipinski definition) is 0. The van der Waals surface area contributed by atoms with Crippen LogP contribution in [0.2, 0.25) is 0 Å². The highest BCUT2D eigenvalue weighted by Gasteiger charge is 2.13. The first-order chi connectivity index (χ1) is 8.22. The van der Waals surface area contributed by atoms with Crippen LogP contribution in [-0.2, 0) is 4.74 Å². The summed E-state index contributed by atoms with van der Waals surface area (Å²) in [5.41, 5.74) is 1.32. The fourth-order valence-corrected chi connectivity index (χ4v) is 1.63. The monoisotopic (exact) mass is 230 g/mol. The van der Waals surface area contributed by atoms with E-state index in [-0.39, 0.29) is 5.97 Å². The number of para-hydroxylation sites is 1. The third-order valence-electron chi connectivity index (χ3n) is 2.40. The molecule has 0 bridgehead atoms. The fourth-order valence-electron chi connectivity index (χ4n) is 1.63. The predicted octanol–water partition coefficient (Wildman–Crippen LogP) is 2.36. The number of aryl methyl sites for hydroxylation is 1. The number of benzene rings is 1. The molecule has 2 rings (SSSR count). The third-order valence-corrected chi connectivity index (χ3v) is 2.40. The van der Waals surface area contributed by atoms with Crippen molar-refractivity contribution in [1.82, 2.24) is 9.55 Å². The summed E-state index contributed by atoms with van der Waals surface area (Å²) in [6, 6.07) is 9.76. The van der Waals surface area contributed by atoms with E-state index in [4.69, 9.17) is 4.74 Å². The van der Waals surface area contributed by atoms with E-state index in [1.807, 2.05) is 41.8 Å². The molecule has 0 radical (unpaired) electrons. The van der Waals surface area contributed by atoms with Crippen LogP contribution in [0.1, 0.15) is 23.2 Å². The first kappa shape index (κ1) is 11.4. The minimum atomic E-state index is -0.384. The van der Waals surface area contributed by atoms with E-state index in [1.54, 1.807) is 13.1 Å². The van der Waals surface area contributed by atoms with Crippen LogP contribution in [0.5, 0.6) is 0 Å². The Kier molecular flexibility index (Phi) is 3.23. The summed E-state index contributed by atoms with van der Waals surface area (Å²) in [4.78, 5) is 15.7. The molecule has 0 amide bonds. The van der Waals surface area contributed by atoms with Gasteiger partial charge in [-0.25, -0.2) is 9.78 Å². The van der Waals surface area contributed by atoms with Crippen molar-refractivity contribution in [3.05, 3.63) is 48.0 Å². The number of nitrogens with zero attached hydrogens (tertiary/aromatic N) is 2. The van der Waals surface area contributed by atoms with E-state index in [0.29, 0.717) is 12.3 Å². The van der Waals surface area contributed by atoms with Crippen LogP contribution >= 0.6 is 0 Å². The zero-order valence-electron chi connectivity index (χ0n) is 9.88. The topological polar surface area (TPSA) is 44.1 Å². The lowest BCUT2D eigenvalue weighted by atomic mass is 10.3. The number of hydrogen-bond acceptors (Lipinski definition) is 3. The van der Waals surface area contributed by atoms with Gasteiger partial charge in [0.05, 0.1) is 6.61 Å². The van der Waals surface area contributed by atoms with E-state index in [2.05, 4.69) is 4.98 Å². The minimum absolute atomic E-state index is 0.341. The Hall–Kier alpha value is -2.10. The van der Waals surface area contributed by atoms with Crippen molar-refractivity contribution in [1.29, 1.82) is 0 Å². The summed E-state index contributed by atoms with van der Waals surface area (Å²) in [5, 5.41) is 0. The van der Waals surface area contributed by atoms with Crippen LogP contribution in [0.4, 0.5) is 0 Å². The number of rotatable bonds is 3. The summed E-state index contributed by atoms with van der Waals surface area (Å²) in [7, 11) is 0. The van der Waals surface area contributed by atoms with Gasteiger partial charge >= 0.3 is 5.97 Å². The van der Waals surface area contributed by atoms with E-state index in [0.717, 1.165) is 11.5 Å². The number of aromatic nitrogens is 2. The number of carbonyl (C=O) groups excluding carboxylic acids is 1. The van der Waals surface area contributed by atoms with Crippen LogP contribution in [0, 0.1) is 6.92 Å². The largest absolute Gasteiger partial charge is 0.461 e. The van der Waals surface area contributed by atoms with Crippen molar-refractivity contribution in [2.75, 3.05) is 6.61 Å². The molecular formula is C13H14N2O2. The molecule has 0 aliphatic heterocycles. The Morgan fingerprint density at radius 1 is 1.35 bits per heavy atom. The van der Waals surface area contributed by atoms with Crippen molar-refractivity contribution in [2.45, 2.75) is 13.8 Å². The molecule has 88 valence electrons. The molecule has 0 N–H and O–H groups in total. The van der Waals surface area contributed by atoms with E-state index in [1.165, 1.54) is 0 Å². The van der Waals surface area contributed by atoms with Gasteiger partial charge in [0.2, 0.25) is 0 Å². The SMILES string of the molecule is CCOC(=O)c1cn(-c2ccccc2)c(C)n1. The minimum Gasteiger partial charge on any atom is -0.461 e. The highest BCUT2D eigenvalue weighted by molar-refractivity contribution is 5.87. The van der Waals surface area contributed by atoms with Gasteiger partial charge in [-0.2, -0.15) is 0 Å². The molecule has 0 spiro atoms. The molecule has 1 aromatic carbocycles. The third kappa shape index (κ3) is 2.36. The second-order valence-electron chi connectivity index (χ2n) is 3.60. The highest BCUT2D eigenvalue weighted by Crippen LogP contribution is 2.12. The molecule has 0 fully saturated rings. The molecule has 17 heavy (non-hydrogen) atoms. The number of esters is 1. The van der Waals surface area contributed by atoms with Gasteiger partial charge in [-0.05, 0) is 26.0 Å². The van der Waals surface area contributed by atoms with Crippen LogP contribution in [0.3, 0.4) is 0 Å². The van der Waals surface area contributed by atoms with E-state index < -0.39 is 0 Å². The van der Waals surface area contributed by atoms with Gasteiger partial charge in [0.1, 0.15) is 5.82 Å². The van der Waals surface area contributed by atoms with Gasteiger partial charge in [-0.3, -0.25) is 0 Å². The number of imidazole rings is 1. The fraction of sp³-hybridized carbons (Fsp3) is 0.231. The maximum absolute atomic E-state index is 11.5. The molecule has 0 unspecified atom stereocenters. The maximum Gasteiger partial charge on any atom is 0.358 e. The van der Waals surface area contributed by atoms with Gasteiger partial charge in [-0.1, -0.05) is 18.2 Å². The Morgan fingerprint density at radius 2 is 2.06 bits per heavy atom. The molecule has 0 aliphatic rings. The average Bonchev–Trinajstić information content (AvgIpc) is 2.73. The second kappa shape index (κ2) is 4.82. The van der Waals surface area contributed by atoms with Crippen molar-refractivity contribution >= 4 is 5.97 Å². The van der Waals surface area contributed by atoms with Crippen LogP contribution in [-0.4, -0.2) is 22.1 Å². The molecule has 0 aliphatic carbocycles. The second-order valence-corrected chi connectivity index (χ2v) is 3.60. The van der Waals surface area contributed by atoms with Crippen molar-refractivity contribution in [3.63, 3.8) is 0 Å². The normalized spacial score (nSPS) is 10.2. The molecule has 2 aromatic rings. The van der Waals surface area contributed by atoms with Gasteiger partial charge in [0.25, 0.3) is 0 Å². The summed E-state index contributed by atoms with van der Waals surface area (Å²) >= 11 is 0. The molecule has 4 heteroatoms. The van der Waals surface area contributed by atoms with Crippen LogP contribution in [0.15, 0.2) is 36.5 Å². The maximum atomic E-state index is 11.5. The summed E-state index contributed by atoms with van der Waals surface area (Å²) in [6.45, 7) is 3.99. The van der Waals surface area contributed by atoms with Gasteiger partial charge in [0, 0.05) is 11.9 Å². The molecule has 0 saturated heterocycles. The first-order valence-corrected chi connectivity index (χ1v) is 5.51. The lowest BCUT2D eigenvalue weighted by Crippen LogP contribution is -2.04. The summed E-state index contributed by atoms with van der Waals surface area (Å²) in [5.74, 6) is 0.379. The van der Waals surface area contributed by atoms with Crippen molar-refractivity contribution < 1.29 is 9.53 Å². The standard InChI is InChI=1S/C13H14N2O2/c1-3-17-13(16)12-9-15(10(2)14-12)11-7-5-4-6-8-11/h4-9H,3H2,1-2H3. The predicted molar refractivity (Wildman–Crippen MR) is 64.3 cm³/mol. The molecule has 1 aromatic heterocycles. The average molecular weight is 230 g/mol. The lowest BCUT2D eigenvalue weighted by Gasteiger charge is -2.02. The zero-order valence-corrected chi connectivity index (χ0v) is 9.88. The number of carbonyl (C=O) groups is 1. The lowest BCUT2D eigenvalue weighted by molar-refractivity contribution is 0.0520. The molecule has 1 heterocycles. The highest BCUT2D eigenvalue weighted by atomic mass is 16.5. The van der Waals surface area contributed by atoms with Crippen molar-refractivity contribution in [2.24, 2.45) is 0 Å². The Bertz CT molecular complexity index is 517. The van der Waals surface area contributed by atoms with E-state index >= 15 is 0 Å². The molecule has 0 atom stereocenters. The van der Waals surface area contributed by atoms with Gasteiger partial charge < -0.3 is 9.30 Å². The summed E-state index contributed by atoms with van der Waals surface area (Å²) in [6.07, 6.45) is 1.70. The summed E-state index contributed by atoms with van der Waals surface area (Å²) < 4.78 is 6.78. The molecule has 0 saturated carbocycles. The first-order valence-electron chi connectivity index (χ1n) is 5.51. The Morgan fingerprint density at radius 3 is 2.71 bits per heavy atom.